The van der Waals surface area contributed by atoms with Crippen LogP contribution >= 0.6 is 0 Å². The smallest absolute Gasteiger partial charge is 0.328 e. The number of aromatic nitrogens is 2. The predicted octanol–water partition coefficient (Wildman–Crippen LogP) is -1.65. The molecule has 0 spiro atoms. The highest BCUT2D eigenvalue weighted by Crippen LogP contribution is 2.12. The van der Waals surface area contributed by atoms with Crippen molar-refractivity contribution >= 4 is 0 Å². The lowest BCUT2D eigenvalue weighted by atomic mass is 10.2. The van der Waals surface area contributed by atoms with E-state index in [2.05, 4.69) is 10.3 Å². The van der Waals surface area contributed by atoms with Crippen LogP contribution in [0.2, 0.25) is 0 Å². The van der Waals surface area contributed by atoms with Crippen LogP contribution in [0.3, 0.4) is 0 Å². The summed E-state index contributed by atoms with van der Waals surface area (Å²) in [4.78, 5) is 24.9. The van der Waals surface area contributed by atoms with E-state index in [9.17, 15) is 14.7 Å². The van der Waals surface area contributed by atoms with Crippen LogP contribution in [-0.4, -0.2) is 33.9 Å². The highest BCUT2D eigenvalue weighted by Gasteiger charge is 2.27. The normalized spacial score (nSPS) is 25.7. The van der Waals surface area contributed by atoms with Gasteiger partial charge in [0.25, 0.3) is 5.56 Å². The van der Waals surface area contributed by atoms with Crippen LogP contribution in [-0.2, 0) is 0 Å². The van der Waals surface area contributed by atoms with E-state index in [-0.39, 0.29) is 11.6 Å². The van der Waals surface area contributed by atoms with Crippen LogP contribution in [0.1, 0.15) is 11.6 Å². The maximum absolute atomic E-state index is 11.5. The van der Waals surface area contributed by atoms with Gasteiger partial charge < -0.3 is 10.4 Å². The number of nitrogens with zero attached hydrogens (tertiary/aromatic N) is 1. The van der Waals surface area contributed by atoms with E-state index < -0.39 is 11.8 Å². The first kappa shape index (κ1) is 10.1. The Labute approximate surface area is 85.6 Å². The van der Waals surface area contributed by atoms with Crippen LogP contribution in [0.5, 0.6) is 0 Å². The molecule has 0 aliphatic carbocycles. The van der Waals surface area contributed by atoms with E-state index >= 15 is 0 Å². The molecule has 2 atom stereocenters. The number of H-pyrrole nitrogens is 1. The molecule has 0 aromatic carbocycles. The third-order valence-corrected chi connectivity index (χ3v) is 2.65. The highest BCUT2D eigenvalue weighted by atomic mass is 16.3. The van der Waals surface area contributed by atoms with Gasteiger partial charge in [-0.05, 0) is 6.92 Å². The Hall–Kier alpha value is -1.40. The first-order valence-electron chi connectivity index (χ1n) is 4.80. The van der Waals surface area contributed by atoms with Gasteiger partial charge in [0.1, 0.15) is 0 Å². The van der Waals surface area contributed by atoms with Gasteiger partial charge in [0.15, 0.2) is 0 Å². The Morgan fingerprint density at radius 2 is 2.20 bits per heavy atom. The highest BCUT2D eigenvalue weighted by molar-refractivity contribution is 5.03. The molecule has 0 saturated carbocycles. The van der Waals surface area contributed by atoms with Crippen molar-refractivity contribution in [3.8, 4) is 0 Å². The van der Waals surface area contributed by atoms with Crippen molar-refractivity contribution in [2.45, 2.75) is 19.1 Å². The molecule has 0 unspecified atom stereocenters. The molecule has 82 valence electrons. The van der Waals surface area contributed by atoms with E-state index in [0.29, 0.717) is 18.7 Å². The van der Waals surface area contributed by atoms with E-state index in [1.165, 1.54) is 10.8 Å². The number of aliphatic hydroxyl groups is 1. The van der Waals surface area contributed by atoms with Crippen molar-refractivity contribution in [1.29, 1.82) is 0 Å². The van der Waals surface area contributed by atoms with Crippen molar-refractivity contribution < 1.29 is 5.11 Å². The van der Waals surface area contributed by atoms with Gasteiger partial charge in [-0.2, -0.15) is 0 Å². The molecule has 0 amide bonds. The van der Waals surface area contributed by atoms with Crippen LogP contribution < -0.4 is 16.6 Å². The summed E-state index contributed by atoms with van der Waals surface area (Å²) >= 11 is 0. The summed E-state index contributed by atoms with van der Waals surface area (Å²) in [6.45, 7) is 2.63. The third kappa shape index (κ3) is 1.73. The van der Waals surface area contributed by atoms with Gasteiger partial charge >= 0.3 is 5.69 Å². The number of aliphatic hydroxyl groups excluding tert-OH is 1. The van der Waals surface area contributed by atoms with Crippen molar-refractivity contribution in [2.75, 3.05) is 13.1 Å². The summed E-state index contributed by atoms with van der Waals surface area (Å²) in [5, 5.41) is 12.6. The molecule has 2 heterocycles. The molecule has 1 aromatic heterocycles. The van der Waals surface area contributed by atoms with Crippen LogP contribution in [0, 0.1) is 6.92 Å². The lowest BCUT2D eigenvalue weighted by Crippen LogP contribution is -2.37. The van der Waals surface area contributed by atoms with E-state index in [1.54, 1.807) is 6.92 Å². The summed E-state index contributed by atoms with van der Waals surface area (Å²) in [7, 11) is 0. The van der Waals surface area contributed by atoms with Gasteiger partial charge in [-0.15, -0.1) is 0 Å². The van der Waals surface area contributed by atoms with Gasteiger partial charge in [0.05, 0.1) is 12.1 Å². The SMILES string of the molecule is Cc1cn([C@@H]2CNC[C@H]2O)c(=O)[nH]c1=O. The molecular formula is C9H13N3O3. The molecule has 1 aliphatic heterocycles. The minimum atomic E-state index is -0.590. The minimum Gasteiger partial charge on any atom is -0.390 e. The summed E-state index contributed by atoms with van der Waals surface area (Å²) in [6.07, 6.45) is 0.898. The van der Waals surface area contributed by atoms with Crippen LogP contribution in [0.25, 0.3) is 0 Å². The Bertz CT molecular complexity index is 476. The average Bonchev–Trinajstić information content (AvgIpc) is 2.58. The quantitative estimate of drug-likeness (QED) is 0.519. The molecule has 1 fully saturated rings. The minimum absolute atomic E-state index is 0.298. The molecule has 0 radical (unpaired) electrons. The monoisotopic (exact) mass is 211 g/mol. The zero-order valence-electron chi connectivity index (χ0n) is 8.36. The number of aromatic amines is 1. The van der Waals surface area contributed by atoms with Gasteiger partial charge in [0.2, 0.25) is 0 Å². The molecule has 3 N–H and O–H groups in total. The fraction of sp³-hybridized carbons (Fsp3) is 0.556. The zero-order chi connectivity index (χ0) is 11.0. The fourth-order valence-electron chi connectivity index (χ4n) is 1.77. The lowest BCUT2D eigenvalue weighted by molar-refractivity contribution is 0.148. The summed E-state index contributed by atoms with van der Waals surface area (Å²) in [5.74, 6) is 0. The number of nitrogens with one attached hydrogen (secondary N) is 2. The molecule has 15 heavy (non-hydrogen) atoms. The standard InChI is InChI=1S/C9H13N3O3/c1-5-4-12(9(15)11-8(5)14)6-2-10-3-7(6)13/h4,6-7,10,13H,2-3H2,1H3,(H,11,14,15)/t6-,7-/m1/s1. The van der Waals surface area contributed by atoms with Crippen molar-refractivity contribution in [3.63, 3.8) is 0 Å². The molecular weight excluding hydrogens is 198 g/mol. The van der Waals surface area contributed by atoms with Crippen molar-refractivity contribution in [3.05, 3.63) is 32.6 Å². The molecule has 2 rings (SSSR count). The Morgan fingerprint density at radius 3 is 2.80 bits per heavy atom. The van der Waals surface area contributed by atoms with Gasteiger partial charge in [0, 0.05) is 24.8 Å². The Kier molecular flexibility index (Phi) is 2.45. The van der Waals surface area contributed by atoms with Crippen LogP contribution in [0.4, 0.5) is 0 Å². The predicted molar refractivity (Wildman–Crippen MR) is 54.0 cm³/mol. The largest absolute Gasteiger partial charge is 0.390 e. The van der Waals surface area contributed by atoms with Crippen molar-refractivity contribution in [2.24, 2.45) is 0 Å². The molecule has 1 saturated heterocycles. The molecule has 1 aromatic rings. The second kappa shape index (κ2) is 3.63. The van der Waals surface area contributed by atoms with E-state index in [1.807, 2.05) is 0 Å². The first-order valence-corrected chi connectivity index (χ1v) is 4.80. The molecule has 0 bridgehead atoms. The molecule has 6 nitrogen and oxygen atoms in total. The second-order valence-electron chi connectivity index (χ2n) is 3.77. The Morgan fingerprint density at radius 1 is 1.47 bits per heavy atom. The summed E-state index contributed by atoms with van der Waals surface area (Å²) < 4.78 is 1.38. The third-order valence-electron chi connectivity index (χ3n) is 2.65. The topological polar surface area (TPSA) is 87.1 Å². The van der Waals surface area contributed by atoms with Crippen LogP contribution in [0.15, 0.2) is 15.8 Å². The number of aryl methyl sites for hydroxylation is 1. The second-order valence-corrected chi connectivity index (χ2v) is 3.77. The van der Waals surface area contributed by atoms with Gasteiger partial charge in [-0.3, -0.25) is 14.3 Å². The Balaban J connectivity index is 2.48. The molecule has 6 heteroatoms. The molecule has 1 aliphatic rings. The summed E-state index contributed by atoms with van der Waals surface area (Å²) in [6, 6.07) is -0.298. The van der Waals surface area contributed by atoms with E-state index in [0.717, 1.165) is 0 Å². The number of rotatable bonds is 1. The summed E-state index contributed by atoms with van der Waals surface area (Å²) in [5.41, 5.74) is -0.385. The zero-order valence-corrected chi connectivity index (χ0v) is 8.36. The number of β-amino-alcohol motifs (C(OH)–C–C–N with tert-alkyl or cyclic N) is 1. The van der Waals surface area contributed by atoms with E-state index in [4.69, 9.17) is 0 Å². The van der Waals surface area contributed by atoms with Crippen molar-refractivity contribution in [1.82, 2.24) is 14.9 Å². The lowest BCUT2D eigenvalue weighted by Gasteiger charge is -2.16. The maximum Gasteiger partial charge on any atom is 0.328 e. The van der Waals surface area contributed by atoms with Gasteiger partial charge in [-0.25, -0.2) is 4.79 Å². The van der Waals surface area contributed by atoms with Gasteiger partial charge in [-0.1, -0.05) is 0 Å². The number of hydrogen-bond acceptors (Lipinski definition) is 4. The fourth-order valence-corrected chi connectivity index (χ4v) is 1.77. The average molecular weight is 211 g/mol. The first-order chi connectivity index (χ1) is 7.09. The number of hydrogen-bond donors (Lipinski definition) is 3. The maximum atomic E-state index is 11.5.